The van der Waals surface area contributed by atoms with Crippen LogP contribution in [0.3, 0.4) is 0 Å². The standard InChI is InChI=1S/C13H27N3OS/c1-5-13(6-2,18-4)10-15-12(14)16-7-8-17-11(3)9-16/h11H,5-10H2,1-4H3,(H2,14,15). The van der Waals surface area contributed by atoms with Crippen LogP contribution in [0, 0.1) is 0 Å². The van der Waals surface area contributed by atoms with E-state index in [2.05, 4.69) is 36.9 Å². The van der Waals surface area contributed by atoms with Crippen molar-refractivity contribution in [2.24, 2.45) is 10.7 Å². The van der Waals surface area contributed by atoms with Gasteiger partial charge in [0.15, 0.2) is 5.96 Å². The lowest BCUT2D eigenvalue weighted by Crippen LogP contribution is -2.48. The van der Waals surface area contributed by atoms with Crippen molar-refractivity contribution in [3.8, 4) is 0 Å². The fourth-order valence-corrected chi connectivity index (χ4v) is 2.95. The van der Waals surface area contributed by atoms with E-state index in [1.807, 2.05) is 11.8 Å². The number of aliphatic imine (C=N–C) groups is 1. The number of ether oxygens (including phenoxy) is 1. The molecule has 1 heterocycles. The predicted octanol–water partition coefficient (Wildman–Crippen LogP) is 1.94. The molecule has 0 saturated carbocycles. The van der Waals surface area contributed by atoms with E-state index in [9.17, 15) is 0 Å². The molecule has 1 saturated heterocycles. The van der Waals surface area contributed by atoms with Crippen LogP contribution < -0.4 is 5.73 Å². The fourth-order valence-electron chi connectivity index (χ4n) is 2.18. The van der Waals surface area contributed by atoms with Gasteiger partial charge < -0.3 is 15.4 Å². The highest BCUT2D eigenvalue weighted by atomic mass is 32.2. The molecule has 0 spiro atoms. The molecule has 1 atom stereocenters. The van der Waals surface area contributed by atoms with Gasteiger partial charge in [0.2, 0.25) is 0 Å². The van der Waals surface area contributed by atoms with Crippen LogP contribution in [0.2, 0.25) is 0 Å². The van der Waals surface area contributed by atoms with Gasteiger partial charge in [-0.25, -0.2) is 0 Å². The van der Waals surface area contributed by atoms with Crippen molar-refractivity contribution >= 4 is 17.7 Å². The summed E-state index contributed by atoms with van der Waals surface area (Å²) in [5, 5.41) is 0. The van der Waals surface area contributed by atoms with Crippen LogP contribution in [-0.2, 0) is 4.74 Å². The number of rotatable bonds is 5. The van der Waals surface area contributed by atoms with Gasteiger partial charge in [0.05, 0.1) is 19.3 Å². The van der Waals surface area contributed by atoms with Crippen LogP contribution in [0.1, 0.15) is 33.6 Å². The molecule has 106 valence electrons. The number of guanidine groups is 1. The lowest BCUT2D eigenvalue weighted by molar-refractivity contribution is 0.00528. The Morgan fingerprint density at radius 1 is 1.50 bits per heavy atom. The van der Waals surface area contributed by atoms with Crippen LogP contribution in [0.25, 0.3) is 0 Å². The molecule has 0 aliphatic carbocycles. The largest absolute Gasteiger partial charge is 0.375 e. The van der Waals surface area contributed by atoms with Crippen LogP contribution in [0.15, 0.2) is 4.99 Å². The van der Waals surface area contributed by atoms with Gasteiger partial charge in [-0.15, -0.1) is 0 Å². The molecule has 4 nitrogen and oxygen atoms in total. The average molecular weight is 273 g/mol. The van der Waals surface area contributed by atoms with Crippen molar-refractivity contribution < 1.29 is 4.74 Å². The minimum Gasteiger partial charge on any atom is -0.375 e. The lowest BCUT2D eigenvalue weighted by Gasteiger charge is -2.33. The van der Waals surface area contributed by atoms with Gasteiger partial charge in [0.25, 0.3) is 0 Å². The molecule has 0 aromatic rings. The van der Waals surface area contributed by atoms with E-state index >= 15 is 0 Å². The number of morpholine rings is 1. The molecular weight excluding hydrogens is 246 g/mol. The van der Waals surface area contributed by atoms with Crippen molar-refractivity contribution in [3.05, 3.63) is 0 Å². The number of hydrogen-bond donors (Lipinski definition) is 1. The van der Waals surface area contributed by atoms with Crippen LogP contribution in [-0.4, -0.2) is 54.2 Å². The van der Waals surface area contributed by atoms with Gasteiger partial charge in [-0.3, -0.25) is 4.99 Å². The van der Waals surface area contributed by atoms with E-state index in [0.29, 0.717) is 5.96 Å². The SMILES string of the molecule is CCC(CC)(CN=C(N)N1CCOC(C)C1)SC. The number of thioether (sulfide) groups is 1. The van der Waals surface area contributed by atoms with Crippen molar-refractivity contribution in [1.82, 2.24) is 4.90 Å². The monoisotopic (exact) mass is 273 g/mol. The smallest absolute Gasteiger partial charge is 0.191 e. The Kier molecular flexibility index (Phi) is 6.29. The average Bonchev–Trinajstić information content (AvgIpc) is 2.40. The summed E-state index contributed by atoms with van der Waals surface area (Å²) in [6.07, 6.45) is 4.66. The summed E-state index contributed by atoms with van der Waals surface area (Å²) >= 11 is 1.90. The highest BCUT2D eigenvalue weighted by Gasteiger charge is 2.25. The third-order valence-corrected chi connectivity index (χ3v) is 5.39. The first kappa shape index (κ1) is 15.6. The minimum atomic E-state index is 0.239. The molecule has 0 amide bonds. The van der Waals surface area contributed by atoms with Crippen molar-refractivity contribution in [2.45, 2.75) is 44.5 Å². The second-order valence-corrected chi connectivity index (χ2v) is 6.17. The predicted molar refractivity (Wildman–Crippen MR) is 80.3 cm³/mol. The molecule has 1 fully saturated rings. The van der Waals surface area contributed by atoms with Crippen LogP contribution in [0.4, 0.5) is 0 Å². The van der Waals surface area contributed by atoms with Gasteiger partial charge in [-0.1, -0.05) is 13.8 Å². The van der Waals surface area contributed by atoms with Gasteiger partial charge in [-0.05, 0) is 26.0 Å². The van der Waals surface area contributed by atoms with Gasteiger partial charge in [-0.2, -0.15) is 11.8 Å². The molecule has 0 radical (unpaired) electrons. The zero-order valence-corrected chi connectivity index (χ0v) is 12.9. The maximum absolute atomic E-state index is 6.09. The van der Waals surface area contributed by atoms with Crippen LogP contribution >= 0.6 is 11.8 Å². The van der Waals surface area contributed by atoms with Crippen molar-refractivity contribution in [3.63, 3.8) is 0 Å². The topological polar surface area (TPSA) is 50.8 Å². The first-order valence-electron chi connectivity index (χ1n) is 6.78. The molecule has 1 aliphatic rings. The second-order valence-electron chi connectivity index (χ2n) is 4.90. The Morgan fingerprint density at radius 2 is 2.17 bits per heavy atom. The number of nitrogens with two attached hydrogens (primary N) is 1. The highest BCUT2D eigenvalue weighted by molar-refractivity contribution is 8.00. The van der Waals surface area contributed by atoms with E-state index in [0.717, 1.165) is 39.1 Å². The molecule has 18 heavy (non-hydrogen) atoms. The first-order valence-corrected chi connectivity index (χ1v) is 8.01. The minimum absolute atomic E-state index is 0.239. The summed E-state index contributed by atoms with van der Waals surface area (Å²) < 4.78 is 5.75. The molecule has 5 heteroatoms. The highest BCUT2D eigenvalue weighted by Crippen LogP contribution is 2.30. The van der Waals surface area contributed by atoms with Crippen LogP contribution in [0.5, 0.6) is 0 Å². The summed E-state index contributed by atoms with van der Waals surface area (Å²) in [4.78, 5) is 6.74. The van der Waals surface area contributed by atoms with E-state index in [4.69, 9.17) is 10.5 Å². The zero-order valence-electron chi connectivity index (χ0n) is 12.1. The van der Waals surface area contributed by atoms with Gasteiger partial charge in [0, 0.05) is 17.8 Å². The third-order valence-electron chi connectivity index (χ3n) is 3.82. The molecule has 0 aromatic carbocycles. The molecule has 0 aromatic heterocycles. The Bertz CT molecular complexity index is 271. The lowest BCUT2D eigenvalue weighted by atomic mass is 10.0. The number of hydrogen-bond acceptors (Lipinski definition) is 3. The van der Waals surface area contributed by atoms with E-state index in [-0.39, 0.29) is 10.9 Å². The number of nitrogens with zero attached hydrogens (tertiary/aromatic N) is 2. The van der Waals surface area contributed by atoms with E-state index in [1.165, 1.54) is 0 Å². The summed E-state index contributed by atoms with van der Waals surface area (Å²) in [6, 6.07) is 0. The second kappa shape index (κ2) is 7.24. The zero-order chi connectivity index (χ0) is 13.6. The summed E-state index contributed by atoms with van der Waals surface area (Å²) in [5.74, 6) is 0.672. The third kappa shape index (κ3) is 4.05. The normalized spacial score (nSPS) is 22.3. The first-order chi connectivity index (χ1) is 8.56. The Hall–Kier alpha value is -0.420. The quantitative estimate of drug-likeness (QED) is 0.614. The fraction of sp³-hybridized carbons (Fsp3) is 0.923. The van der Waals surface area contributed by atoms with Gasteiger partial charge in [0.1, 0.15) is 0 Å². The van der Waals surface area contributed by atoms with Gasteiger partial charge >= 0.3 is 0 Å². The summed E-state index contributed by atoms with van der Waals surface area (Å²) in [7, 11) is 0. The summed E-state index contributed by atoms with van der Waals surface area (Å²) in [5.41, 5.74) is 6.09. The molecule has 1 aliphatic heterocycles. The van der Waals surface area contributed by atoms with Crippen molar-refractivity contribution in [2.75, 3.05) is 32.5 Å². The Balaban J connectivity index is 2.59. The molecule has 0 bridgehead atoms. The van der Waals surface area contributed by atoms with Crippen molar-refractivity contribution in [1.29, 1.82) is 0 Å². The molecule has 2 N–H and O–H groups in total. The molecular formula is C13H27N3OS. The Labute approximate surface area is 115 Å². The summed E-state index contributed by atoms with van der Waals surface area (Å²) in [6.45, 7) is 9.77. The maximum Gasteiger partial charge on any atom is 0.191 e. The Morgan fingerprint density at radius 3 is 2.67 bits per heavy atom. The molecule has 1 unspecified atom stereocenters. The van der Waals surface area contributed by atoms with E-state index < -0.39 is 0 Å². The molecule has 1 rings (SSSR count). The van der Waals surface area contributed by atoms with E-state index in [1.54, 1.807) is 0 Å². The maximum atomic E-state index is 6.09.